The first kappa shape index (κ1) is 14.7. The van der Waals surface area contributed by atoms with Crippen LogP contribution < -0.4 is 5.43 Å². The van der Waals surface area contributed by atoms with Gasteiger partial charge in [-0.2, -0.15) is 0 Å². The molecule has 0 aliphatic carbocycles. The molecule has 0 saturated carbocycles. The first-order valence-electron chi connectivity index (χ1n) is 6.34. The zero-order valence-electron chi connectivity index (χ0n) is 11.4. The van der Waals surface area contributed by atoms with E-state index in [9.17, 15) is 4.79 Å². The molecule has 0 amide bonds. The van der Waals surface area contributed by atoms with Crippen LogP contribution in [0.15, 0.2) is 26.4 Å². The number of rotatable bonds is 4. The number of halogens is 1. The number of thioether (sulfide) groups is 1. The molecule has 2 nitrogen and oxygen atoms in total. The maximum Gasteiger partial charge on any atom is 0.196 e. The molecule has 4 heteroatoms. The molecule has 0 unspecified atom stereocenters. The molecule has 1 aromatic heterocycles. The number of alkyl halides is 1. The Bertz CT molecular complexity index is 661. The summed E-state index contributed by atoms with van der Waals surface area (Å²) in [5.74, 6) is 0.898. The van der Waals surface area contributed by atoms with Crippen LogP contribution in [0.5, 0.6) is 0 Å². The number of aryl methyl sites for hydroxylation is 2. The van der Waals surface area contributed by atoms with Crippen molar-refractivity contribution in [1.29, 1.82) is 0 Å². The number of benzene rings is 1. The Labute approximate surface area is 125 Å². The van der Waals surface area contributed by atoms with Gasteiger partial charge in [0.2, 0.25) is 0 Å². The zero-order valence-corrected chi connectivity index (χ0v) is 13.8. The van der Waals surface area contributed by atoms with Gasteiger partial charge in [-0.25, -0.2) is 0 Å². The molecular weight excluding hydrogens is 324 g/mol. The maximum atomic E-state index is 12.4. The van der Waals surface area contributed by atoms with E-state index < -0.39 is 0 Å². The fourth-order valence-electron chi connectivity index (χ4n) is 2.16. The minimum atomic E-state index is 0.0942. The molecule has 0 aliphatic rings. The molecule has 2 rings (SSSR count). The lowest BCUT2D eigenvalue weighted by atomic mass is 10.0. The van der Waals surface area contributed by atoms with Crippen LogP contribution in [0.4, 0.5) is 0 Å². The van der Waals surface area contributed by atoms with Crippen molar-refractivity contribution in [2.45, 2.75) is 32.3 Å². The van der Waals surface area contributed by atoms with Crippen molar-refractivity contribution in [2.75, 3.05) is 11.1 Å². The normalized spacial score (nSPS) is 11.2. The van der Waals surface area contributed by atoms with Gasteiger partial charge in [0.25, 0.3) is 0 Å². The van der Waals surface area contributed by atoms with Gasteiger partial charge in [-0.1, -0.05) is 40.7 Å². The second kappa shape index (κ2) is 6.14. The largest absolute Gasteiger partial charge is 0.449 e. The van der Waals surface area contributed by atoms with Crippen LogP contribution in [-0.4, -0.2) is 11.1 Å². The maximum absolute atomic E-state index is 12.4. The van der Waals surface area contributed by atoms with Crippen LogP contribution in [0.1, 0.15) is 23.6 Å². The van der Waals surface area contributed by atoms with Crippen molar-refractivity contribution in [3.8, 4) is 0 Å². The molecule has 0 bridgehead atoms. The van der Waals surface area contributed by atoms with E-state index in [1.165, 1.54) is 0 Å². The number of hydrogen-bond acceptors (Lipinski definition) is 3. The third-order valence-corrected chi connectivity index (χ3v) is 4.37. The van der Waals surface area contributed by atoms with Crippen LogP contribution in [-0.2, 0) is 6.42 Å². The zero-order chi connectivity index (χ0) is 14.0. The highest BCUT2D eigenvalue weighted by atomic mass is 79.9. The fourth-order valence-corrected chi connectivity index (χ4v) is 3.30. The Balaban J connectivity index is 2.80. The highest BCUT2D eigenvalue weighted by Crippen LogP contribution is 2.27. The summed E-state index contributed by atoms with van der Waals surface area (Å²) in [6.07, 6.45) is 0.862. The molecule has 0 spiro atoms. The van der Waals surface area contributed by atoms with Gasteiger partial charge in [0.05, 0.1) is 5.39 Å². The predicted molar refractivity (Wildman–Crippen MR) is 85.9 cm³/mol. The summed E-state index contributed by atoms with van der Waals surface area (Å²) in [5, 5.41) is 2.31. The Morgan fingerprint density at radius 1 is 1.32 bits per heavy atom. The molecule has 2 aromatic rings. The van der Waals surface area contributed by atoms with Crippen LogP contribution in [0.3, 0.4) is 0 Å². The van der Waals surface area contributed by atoms with Crippen LogP contribution >= 0.6 is 27.7 Å². The van der Waals surface area contributed by atoms with E-state index in [4.69, 9.17) is 4.42 Å². The minimum Gasteiger partial charge on any atom is -0.449 e. The lowest BCUT2D eigenvalue weighted by Gasteiger charge is -2.10. The van der Waals surface area contributed by atoms with Gasteiger partial charge in [0, 0.05) is 10.9 Å². The topological polar surface area (TPSA) is 30.2 Å². The molecule has 19 heavy (non-hydrogen) atoms. The highest BCUT2D eigenvalue weighted by molar-refractivity contribution is 9.09. The summed E-state index contributed by atoms with van der Waals surface area (Å²) in [4.78, 5) is 12.4. The number of fused-ring (bicyclic) bond motifs is 1. The van der Waals surface area contributed by atoms with Crippen molar-refractivity contribution in [3.63, 3.8) is 0 Å². The van der Waals surface area contributed by atoms with Crippen LogP contribution in [0.2, 0.25) is 0 Å². The summed E-state index contributed by atoms with van der Waals surface area (Å²) in [5.41, 5.74) is 3.76. The molecule has 0 saturated heterocycles. The van der Waals surface area contributed by atoms with E-state index in [2.05, 4.69) is 28.9 Å². The Kier molecular flexibility index (Phi) is 4.74. The van der Waals surface area contributed by atoms with Gasteiger partial charge in [0.15, 0.2) is 10.5 Å². The number of hydrogen-bond donors (Lipinski definition) is 0. The Morgan fingerprint density at radius 2 is 2.05 bits per heavy atom. The highest BCUT2D eigenvalue weighted by Gasteiger charge is 2.14. The smallest absolute Gasteiger partial charge is 0.196 e. The van der Waals surface area contributed by atoms with E-state index in [0.717, 1.165) is 44.9 Å². The first-order chi connectivity index (χ1) is 9.08. The quantitative estimate of drug-likeness (QED) is 0.608. The Hall–Kier alpha value is -0.740. The molecule has 1 aromatic carbocycles. The fraction of sp³-hybridized carbons (Fsp3) is 0.400. The van der Waals surface area contributed by atoms with Crippen molar-refractivity contribution in [2.24, 2.45) is 0 Å². The van der Waals surface area contributed by atoms with Crippen molar-refractivity contribution in [1.82, 2.24) is 0 Å². The van der Waals surface area contributed by atoms with Gasteiger partial charge < -0.3 is 4.42 Å². The van der Waals surface area contributed by atoms with E-state index in [1.807, 2.05) is 19.9 Å². The van der Waals surface area contributed by atoms with Crippen molar-refractivity contribution in [3.05, 3.63) is 39.0 Å². The third kappa shape index (κ3) is 2.90. The third-order valence-electron chi connectivity index (χ3n) is 3.04. The van der Waals surface area contributed by atoms with Gasteiger partial charge in [0.1, 0.15) is 5.58 Å². The van der Waals surface area contributed by atoms with Crippen LogP contribution in [0.25, 0.3) is 11.0 Å². The summed E-state index contributed by atoms with van der Waals surface area (Å²) in [6.45, 7) is 5.92. The van der Waals surface area contributed by atoms with Gasteiger partial charge in [-0.05, 0) is 43.2 Å². The summed E-state index contributed by atoms with van der Waals surface area (Å²) < 4.78 is 5.99. The summed E-state index contributed by atoms with van der Waals surface area (Å²) in [7, 11) is 0. The molecule has 0 atom stereocenters. The molecule has 1 heterocycles. The lowest BCUT2D eigenvalue weighted by Crippen LogP contribution is -2.08. The van der Waals surface area contributed by atoms with Gasteiger partial charge in [-0.3, -0.25) is 4.79 Å². The predicted octanol–water partition coefficient (Wildman–Crippen LogP) is 4.46. The monoisotopic (exact) mass is 340 g/mol. The average molecular weight is 341 g/mol. The van der Waals surface area contributed by atoms with Crippen LogP contribution in [0, 0.1) is 13.8 Å². The SMILES string of the molecule is CCSc1oc2c(CCBr)cc(C)cc2c(=O)c1C. The summed E-state index contributed by atoms with van der Waals surface area (Å²) in [6, 6.07) is 4.02. The van der Waals surface area contributed by atoms with E-state index in [0.29, 0.717) is 5.39 Å². The minimum absolute atomic E-state index is 0.0942. The molecule has 0 fully saturated rings. The van der Waals surface area contributed by atoms with E-state index in [-0.39, 0.29) is 5.43 Å². The molecule has 0 N–H and O–H groups in total. The van der Waals surface area contributed by atoms with Gasteiger partial charge >= 0.3 is 0 Å². The molecule has 102 valence electrons. The van der Waals surface area contributed by atoms with Crippen molar-refractivity contribution >= 4 is 38.7 Å². The molecule has 0 aliphatic heterocycles. The second-order valence-electron chi connectivity index (χ2n) is 4.52. The molecular formula is C15H17BrO2S. The van der Waals surface area contributed by atoms with E-state index in [1.54, 1.807) is 11.8 Å². The van der Waals surface area contributed by atoms with Crippen molar-refractivity contribution < 1.29 is 4.42 Å². The standard InChI is InChI=1S/C15H17BrO2S/c1-4-19-15-10(3)13(17)12-8-9(2)7-11(5-6-16)14(12)18-15/h7-8H,4-6H2,1-3H3. The Morgan fingerprint density at radius 3 is 2.68 bits per heavy atom. The molecule has 0 radical (unpaired) electrons. The van der Waals surface area contributed by atoms with Gasteiger partial charge in [-0.15, -0.1) is 0 Å². The lowest BCUT2D eigenvalue weighted by molar-refractivity contribution is 0.490. The first-order valence-corrected chi connectivity index (χ1v) is 8.44. The van der Waals surface area contributed by atoms with E-state index >= 15 is 0 Å². The average Bonchev–Trinajstić information content (AvgIpc) is 2.37. The second-order valence-corrected chi connectivity index (χ2v) is 6.55. The summed E-state index contributed by atoms with van der Waals surface area (Å²) >= 11 is 5.04.